The quantitative estimate of drug-likeness (QED) is 0.608. The zero-order valence-corrected chi connectivity index (χ0v) is 7.04. The van der Waals surface area contributed by atoms with Gasteiger partial charge in [-0.15, -0.1) is 0 Å². The van der Waals surface area contributed by atoms with E-state index in [0.29, 0.717) is 5.69 Å². The zero-order valence-electron chi connectivity index (χ0n) is 5.45. The molecule has 0 saturated heterocycles. The number of nitrogens with one attached hydrogen (secondary N) is 1. The fourth-order valence-electron chi connectivity index (χ4n) is 0.623. The van der Waals surface area contributed by atoms with Gasteiger partial charge in [0.25, 0.3) is 0 Å². The van der Waals surface area contributed by atoms with Crippen molar-refractivity contribution in [3.63, 3.8) is 0 Å². The van der Waals surface area contributed by atoms with E-state index >= 15 is 0 Å². The van der Waals surface area contributed by atoms with Crippen molar-refractivity contribution in [2.45, 2.75) is 0 Å². The molecule has 0 fully saturated rings. The second-order valence-electron chi connectivity index (χ2n) is 1.86. The maximum Gasteiger partial charge on any atom is 0.236 e. The van der Waals surface area contributed by atoms with Gasteiger partial charge < -0.3 is 4.98 Å². The number of aromatic amines is 1. The molecule has 0 aliphatic heterocycles. The Hall–Kier alpha value is -1.10. The molecule has 1 aromatic rings. The summed E-state index contributed by atoms with van der Waals surface area (Å²) in [5.41, 5.74) is 0.702. The lowest BCUT2D eigenvalue weighted by Gasteiger charge is -1.81. The van der Waals surface area contributed by atoms with E-state index in [2.05, 4.69) is 20.9 Å². The minimum Gasteiger partial charge on any atom is -0.350 e. The Labute approximate surface area is 71.2 Å². The fourth-order valence-corrected chi connectivity index (χ4v) is 0.984. The van der Waals surface area contributed by atoms with Crippen molar-refractivity contribution in [1.82, 2.24) is 4.98 Å². The van der Waals surface area contributed by atoms with E-state index in [1.54, 1.807) is 12.1 Å². The van der Waals surface area contributed by atoms with Gasteiger partial charge in [-0.1, -0.05) is 0 Å². The summed E-state index contributed by atoms with van der Waals surface area (Å²) in [5.74, 6) is 0. The average molecular weight is 217 g/mol. The first-order valence-electron chi connectivity index (χ1n) is 2.85. The highest BCUT2D eigenvalue weighted by Gasteiger charge is 1.92. The van der Waals surface area contributed by atoms with Gasteiger partial charge in [0, 0.05) is 11.8 Å². The molecule has 4 nitrogen and oxygen atoms in total. The molecule has 0 bridgehead atoms. The third-order valence-corrected chi connectivity index (χ3v) is 1.51. The maximum absolute atomic E-state index is 9.87. The van der Waals surface area contributed by atoms with E-state index in [4.69, 9.17) is 0 Å². The molecule has 58 valence electrons. The summed E-state index contributed by atoms with van der Waals surface area (Å²) < 4.78 is 0.806. The highest BCUT2D eigenvalue weighted by molar-refractivity contribution is 9.10. The molecular weight excluding hydrogens is 212 g/mol. The molecule has 0 spiro atoms. The summed E-state index contributed by atoms with van der Waals surface area (Å²) in [6.45, 7) is 0. The first-order chi connectivity index (χ1) is 5.18. The Balaban J connectivity index is 2.71. The highest BCUT2D eigenvalue weighted by Crippen LogP contribution is 2.09. The topological polar surface area (TPSA) is 58.9 Å². The van der Waals surface area contributed by atoms with Crippen LogP contribution < -0.4 is 0 Å². The molecular formula is C6H5BrN2O2. The van der Waals surface area contributed by atoms with Crippen LogP contribution in [0.25, 0.3) is 6.08 Å². The zero-order chi connectivity index (χ0) is 8.27. The Bertz CT molecular complexity index is 293. The van der Waals surface area contributed by atoms with E-state index in [9.17, 15) is 10.1 Å². The van der Waals surface area contributed by atoms with Crippen LogP contribution in [0.2, 0.25) is 0 Å². The standard InChI is InChI=1S/C6H5BrN2O2/c7-6-2-1-5(8-6)3-4-9(10)11/h1-4,8H/b4-3+. The molecule has 11 heavy (non-hydrogen) atoms. The molecule has 0 aromatic carbocycles. The summed E-state index contributed by atoms with van der Waals surface area (Å²) in [6, 6.07) is 3.52. The van der Waals surface area contributed by atoms with Crippen molar-refractivity contribution in [1.29, 1.82) is 0 Å². The summed E-state index contributed by atoms with van der Waals surface area (Å²) >= 11 is 3.18. The van der Waals surface area contributed by atoms with E-state index in [0.717, 1.165) is 10.8 Å². The summed E-state index contributed by atoms with van der Waals surface area (Å²) in [5, 5.41) is 9.87. The second-order valence-corrected chi connectivity index (χ2v) is 2.72. The first kappa shape index (κ1) is 8.00. The predicted octanol–water partition coefficient (Wildman–Crippen LogP) is 2.02. The molecule has 0 aliphatic carbocycles. The van der Waals surface area contributed by atoms with Crippen LogP contribution in [0, 0.1) is 10.1 Å². The highest BCUT2D eigenvalue weighted by atomic mass is 79.9. The minimum absolute atomic E-state index is 0.505. The van der Waals surface area contributed by atoms with E-state index in [1.165, 1.54) is 6.08 Å². The molecule has 0 aliphatic rings. The summed E-state index contributed by atoms with van der Waals surface area (Å²) in [7, 11) is 0. The lowest BCUT2D eigenvalue weighted by atomic mass is 10.4. The van der Waals surface area contributed by atoms with Gasteiger partial charge >= 0.3 is 0 Å². The minimum atomic E-state index is -0.505. The number of aromatic nitrogens is 1. The van der Waals surface area contributed by atoms with Gasteiger partial charge in [0.05, 0.1) is 9.53 Å². The smallest absolute Gasteiger partial charge is 0.236 e. The number of hydrogen-bond donors (Lipinski definition) is 1. The van der Waals surface area contributed by atoms with Crippen LogP contribution in [-0.2, 0) is 0 Å². The van der Waals surface area contributed by atoms with Gasteiger partial charge in [0.15, 0.2) is 0 Å². The molecule has 0 saturated carbocycles. The monoisotopic (exact) mass is 216 g/mol. The van der Waals surface area contributed by atoms with Crippen LogP contribution in [0.15, 0.2) is 22.9 Å². The normalized spacial score (nSPS) is 10.6. The van der Waals surface area contributed by atoms with Gasteiger partial charge in [0.2, 0.25) is 6.20 Å². The molecule has 0 unspecified atom stereocenters. The second kappa shape index (κ2) is 3.34. The number of rotatable bonds is 2. The molecule has 0 amide bonds. The van der Waals surface area contributed by atoms with Crippen LogP contribution in [0.1, 0.15) is 5.69 Å². The van der Waals surface area contributed by atoms with E-state index in [1.807, 2.05) is 0 Å². The van der Waals surface area contributed by atoms with Crippen LogP contribution in [-0.4, -0.2) is 9.91 Å². The van der Waals surface area contributed by atoms with Gasteiger partial charge in [-0.2, -0.15) is 0 Å². The number of hydrogen-bond acceptors (Lipinski definition) is 2. The van der Waals surface area contributed by atoms with Crippen molar-refractivity contribution in [3.8, 4) is 0 Å². The lowest BCUT2D eigenvalue weighted by Crippen LogP contribution is -1.81. The number of halogens is 1. The van der Waals surface area contributed by atoms with Crippen LogP contribution in [0.3, 0.4) is 0 Å². The van der Waals surface area contributed by atoms with Crippen LogP contribution in [0.4, 0.5) is 0 Å². The van der Waals surface area contributed by atoms with Crippen molar-refractivity contribution in [2.75, 3.05) is 0 Å². The Morgan fingerprint density at radius 2 is 2.36 bits per heavy atom. The molecule has 0 atom stereocenters. The van der Waals surface area contributed by atoms with E-state index in [-0.39, 0.29) is 0 Å². The first-order valence-corrected chi connectivity index (χ1v) is 3.64. The summed E-state index contributed by atoms with van der Waals surface area (Å²) in [4.78, 5) is 12.2. The lowest BCUT2D eigenvalue weighted by molar-refractivity contribution is -0.401. The van der Waals surface area contributed by atoms with Gasteiger partial charge in [-0.05, 0) is 28.1 Å². The third-order valence-electron chi connectivity index (χ3n) is 1.05. The SMILES string of the molecule is O=[N+]([O-])/C=C/c1ccc(Br)[nH]1. The molecule has 5 heteroatoms. The number of H-pyrrole nitrogens is 1. The summed E-state index contributed by atoms with van der Waals surface area (Å²) in [6.07, 6.45) is 2.28. The predicted molar refractivity (Wildman–Crippen MR) is 44.5 cm³/mol. The Morgan fingerprint density at radius 1 is 1.64 bits per heavy atom. The number of nitro groups is 1. The molecule has 1 rings (SSSR count). The third kappa shape index (κ3) is 2.55. The van der Waals surface area contributed by atoms with Crippen molar-refractivity contribution in [3.05, 3.63) is 38.7 Å². The van der Waals surface area contributed by atoms with Crippen molar-refractivity contribution in [2.24, 2.45) is 0 Å². The maximum atomic E-state index is 9.87. The van der Waals surface area contributed by atoms with Crippen molar-refractivity contribution < 1.29 is 4.92 Å². The average Bonchev–Trinajstić information content (AvgIpc) is 2.31. The molecule has 1 N–H and O–H groups in total. The number of nitrogens with zero attached hydrogens (tertiary/aromatic N) is 1. The van der Waals surface area contributed by atoms with E-state index < -0.39 is 4.92 Å². The van der Waals surface area contributed by atoms with Crippen LogP contribution >= 0.6 is 15.9 Å². The van der Waals surface area contributed by atoms with Gasteiger partial charge in [-0.25, -0.2) is 0 Å². The van der Waals surface area contributed by atoms with Gasteiger partial charge in [-0.3, -0.25) is 10.1 Å². The van der Waals surface area contributed by atoms with Crippen molar-refractivity contribution >= 4 is 22.0 Å². The largest absolute Gasteiger partial charge is 0.350 e. The molecule has 0 radical (unpaired) electrons. The molecule has 1 aromatic heterocycles. The molecule has 1 heterocycles. The van der Waals surface area contributed by atoms with Crippen LogP contribution in [0.5, 0.6) is 0 Å². The van der Waals surface area contributed by atoms with Gasteiger partial charge in [0.1, 0.15) is 0 Å². The fraction of sp³-hybridized carbons (Fsp3) is 0. The Morgan fingerprint density at radius 3 is 2.82 bits per heavy atom. The Kier molecular flexibility index (Phi) is 2.43.